The van der Waals surface area contributed by atoms with E-state index in [1.165, 1.54) is 37.5 Å². The Morgan fingerprint density at radius 2 is 1.95 bits per heavy atom. The van der Waals surface area contributed by atoms with Crippen molar-refractivity contribution in [2.75, 3.05) is 7.11 Å². The van der Waals surface area contributed by atoms with Gasteiger partial charge in [-0.25, -0.2) is 4.39 Å². The van der Waals surface area contributed by atoms with Crippen molar-refractivity contribution in [2.45, 2.75) is 0 Å². The number of ether oxygens (including phenoxy) is 1. The zero-order valence-corrected chi connectivity index (χ0v) is 12.7. The Labute approximate surface area is 129 Å². The molecule has 0 fully saturated rings. The van der Waals surface area contributed by atoms with Gasteiger partial charge in [0.15, 0.2) is 5.78 Å². The fraction of sp³-hybridized carbons (Fsp3) is 0.0625. The van der Waals surface area contributed by atoms with Crippen LogP contribution in [0.1, 0.15) is 15.9 Å². The highest BCUT2D eigenvalue weighted by atomic mass is 79.9. The van der Waals surface area contributed by atoms with Crippen LogP contribution in [0.25, 0.3) is 6.08 Å². The SMILES string of the molecule is COc1cc(O)c(C(=O)/C=C/c2ccc(F)cc2)cc1Br. The van der Waals surface area contributed by atoms with Crippen LogP contribution in [0.3, 0.4) is 0 Å². The minimum absolute atomic E-state index is 0.154. The molecule has 108 valence electrons. The standard InChI is InChI=1S/C16H12BrFO3/c1-21-16-9-15(20)12(8-13(16)17)14(19)7-4-10-2-5-11(18)6-3-10/h2-9,20H,1H3/b7-4+. The molecule has 0 saturated carbocycles. The number of ketones is 1. The highest BCUT2D eigenvalue weighted by Crippen LogP contribution is 2.32. The Hall–Kier alpha value is -2.14. The quantitative estimate of drug-likeness (QED) is 0.663. The predicted octanol–water partition coefficient (Wildman–Crippen LogP) is 4.20. The summed E-state index contributed by atoms with van der Waals surface area (Å²) in [5.74, 6) is -0.425. The number of carbonyl (C=O) groups excluding carboxylic acids is 1. The summed E-state index contributed by atoms with van der Waals surface area (Å²) in [6.45, 7) is 0. The number of hydrogen-bond donors (Lipinski definition) is 1. The highest BCUT2D eigenvalue weighted by Gasteiger charge is 2.12. The van der Waals surface area contributed by atoms with Crippen LogP contribution in [-0.2, 0) is 0 Å². The number of benzene rings is 2. The summed E-state index contributed by atoms with van der Waals surface area (Å²) in [5.41, 5.74) is 0.845. The number of phenols is 1. The second-order valence-electron chi connectivity index (χ2n) is 4.25. The Kier molecular flexibility index (Phi) is 4.75. The molecule has 0 aliphatic rings. The highest BCUT2D eigenvalue weighted by molar-refractivity contribution is 9.10. The third-order valence-electron chi connectivity index (χ3n) is 2.83. The van der Waals surface area contributed by atoms with Gasteiger partial charge in [-0.15, -0.1) is 0 Å². The molecule has 2 aromatic carbocycles. The molecule has 0 aromatic heterocycles. The van der Waals surface area contributed by atoms with E-state index in [0.29, 0.717) is 15.8 Å². The Balaban J connectivity index is 2.24. The molecule has 0 radical (unpaired) electrons. The van der Waals surface area contributed by atoms with Crippen molar-refractivity contribution in [3.8, 4) is 11.5 Å². The maximum Gasteiger partial charge on any atom is 0.189 e. The van der Waals surface area contributed by atoms with Gasteiger partial charge in [-0.1, -0.05) is 18.2 Å². The molecule has 5 heteroatoms. The number of halogens is 2. The molecule has 0 unspecified atom stereocenters. The van der Waals surface area contributed by atoms with Crippen molar-refractivity contribution in [2.24, 2.45) is 0 Å². The van der Waals surface area contributed by atoms with Crippen molar-refractivity contribution in [3.63, 3.8) is 0 Å². The molecule has 3 nitrogen and oxygen atoms in total. The van der Waals surface area contributed by atoms with Crippen LogP contribution < -0.4 is 4.74 Å². The van der Waals surface area contributed by atoms with Crippen molar-refractivity contribution in [3.05, 3.63) is 63.9 Å². The van der Waals surface area contributed by atoms with E-state index in [0.717, 1.165) is 0 Å². The Morgan fingerprint density at radius 3 is 2.57 bits per heavy atom. The summed E-state index contributed by atoms with van der Waals surface area (Å²) in [6, 6.07) is 8.59. The lowest BCUT2D eigenvalue weighted by atomic mass is 10.1. The van der Waals surface area contributed by atoms with Gasteiger partial charge in [0.1, 0.15) is 17.3 Å². The molecular formula is C16H12BrFO3. The zero-order chi connectivity index (χ0) is 15.4. The molecule has 0 bridgehead atoms. The lowest BCUT2D eigenvalue weighted by Gasteiger charge is -2.07. The molecule has 0 amide bonds. The summed E-state index contributed by atoms with van der Waals surface area (Å²) in [7, 11) is 1.47. The molecule has 0 spiro atoms. The van der Waals surface area contributed by atoms with E-state index in [1.807, 2.05) is 0 Å². The maximum absolute atomic E-state index is 12.8. The van der Waals surface area contributed by atoms with Gasteiger partial charge in [-0.05, 0) is 45.8 Å². The molecule has 0 atom stereocenters. The lowest BCUT2D eigenvalue weighted by Crippen LogP contribution is -1.96. The second kappa shape index (κ2) is 6.54. The maximum atomic E-state index is 12.8. The number of phenolic OH excluding ortho intramolecular Hbond substituents is 1. The summed E-state index contributed by atoms with van der Waals surface area (Å²) >= 11 is 3.26. The summed E-state index contributed by atoms with van der Waals surface area (Å²) in [4.78, 5) is 12.1. The zero-order valence-electron chi connectivity index (χ0n) is 11.1. The first kappa shape index (κ1) is 15.3. The largest absolute Gasteiger partial charge is 0.507 e. The summed E-state index contributed by atoms with van der Waals surface area (Å²) < 4.78 is 18.4. The average molecular weight is 351 g/mol. The van der Waals surface area contributed by atoms with Crippen LogP contribution in [0, 0.1) is 5.82 Å². The Morgan fingerprint density at radius 1 is 1.29 bits per heavy atom. The third kappa shape index (κ3) is 3.70. The van der Waals surface area contributed by atoms with Crippen molar-refractivity contribution in [1.29, 1.82) is 0 Å². The normalized spacial score (nSPS) is 10.8. The minimum atomic E-state index is -0.361. The number of hydrogen-bond acceptors (Lipinski definition) is 3. The molecule has 21 heavy (non-hydrogen) atoms. The van der Waals surface area contributed by atoms with Crippen LogP contribution >= 0.6 is 15.9 Å². The van der Waals surface area contributed by atoms with E-state index < -0.39 is 0 Å². The van der Waals surface area contributed by atoms with E-state index in [1.54, 1.807) is 18.2 Å². The number of methoxy groups -OCH3 is 1. The van der Waals surface area contributed by atoms with Crippen LogP contribution in [0.2, 0.25) is 0 Å². The van der Waals surface area contributed by atoms with E-state index in [2.05, 4.69) is 15.9 Å². The number of carbonyl (C=O) groups is 1. The molecule has 0 heterocycles. The van der Waals surface area contributed by atoms with Crippen molar-refractivity contribution in [1.82, 2.24) is 0 Å². The van der Waals surface area contributed by atoms with Crippen LogP contribution in [-0.4, -0.2) is 18.0 Å². The summed E-state index contributed by atoms with van der Waals surface area (Å²) in [6.07, 6.45) is 2.88. The Bertz CT molecular complexity index is 693. The van der Waals surface area contributed by atoms with Gasteiger partial charge in [0.2, 0.25) is 0 Å². The van der Waals surface area contributed by atoms with Crippen LogP contribution in [0.15, 0.2) is 46.9 Å². The smallest absolute Gasteiger partial charge is 0.189 e. The van der Waals surface area contributed by atoms with Gasteiger partial charge >= 0.3 is 0 Å². The number of aromatic hydroxyl groups is 1. The van der Waals surface area contributed by atoms with E-state index in [-0.39, 0.29) is 22.9 Å². The third-order valence-corrected chi connectivity index (χ3v) is 3.45. The number of rotatable bonds is 4. The van der Waals surface area contributed by atoms with Crippen molar-refractivity contribution < 1.29 is 19.0 Å². The fourth-order valence-electron chi connectivity index (χ4n) is 1.73. The first-order valence-electron chi connectivity index (χ1n) is 6.05. The van der Waals surface area contributed by atoms with E-state index in [4.69, 9.17) is 4.74 Å². The van der Waals surface area contributed by atoms with Gasteiger partial charge in [-0.2, -0.15) is 0 Å². The number of allylic oxidation sites excluding steroid dienone is 1. The van der Waals surface area contributed by atoms with Crippen LogP contribution in [0.5, 0.6) is 11.5 Å². The molecule has 2 aromatic rings. The second-order valence-corrected chi connectivity index (χ2v) is 5.11. The fourth-order valence-corrected chi connectivity index (χ4v) is 2.24. The average Bonchev–Trinajstić information content (AvgIpc) is 2.48. The monoisotopic (exact) mass is 350 g/mol. The lowest BCUT2D eigenvalue weighted by molar-refractivity contribution is 0.104. The summed E-state index contributed by atoms with van der Waals surface area (Å²) in [5, 5.41) is 9.85. The minimum Gasteiger partial charge on any atom is -0.507 e. The van der Waals surface area contributed by atoms with Gasteiger partial charge in [0.25, 0.3) is 0 Å². The molecular weight excluding hydrogens is 339 g/mol. The van der Waals surface area contributed by atoms with Crippen molar-refractivity contribution >= 4 is 27.8 Å². The molecule has 0 aliphatic heterocycles. The van der Waals surface area contributed by atoms with E-state index >= 15 is 0 Å². The molecule has 0 aliphatic carbocycles. The first-order valence-corrected chi connectivity index (χ1v) is 6.85. The topological polar surface area (TPSA) is 46.5 Å². The van der Waals surface area contributed by atoms with Gasteiger partial charge in [0, 0.05) is 6.07 Å². The first-order chi connectivity index (χ1) is 10.0. The van der Waals surface area contributed by atoms with Gasteiger partial charge < -0.3 is 9.84 Å². The van der Waals surface area contributed by atoms with Gasteiger partial charge in [-0.3, -0.25) is 4.79 Å². The van der Waals surface area contributed by atoms with Crippen LogP contribution in [0.4, 0.5) is 4.39 Å². The van der Waals surface area contributed by atoms with Gasteiger partial charge in [0.05, 0.1) is 17.1 Å². The molecule has 0 saturated heterocycles. The molecule has 1 N–H and O–H groups in total. The molecule has 2 rings (SSSR count). The predicted molar refractivity (Wildman–Crippen MR) is 82.1 cm³/mol. The van der Waals surface area contributed by atoms with E-state index in [9.17, 15) is 14.3 Å².